The van der Waals surface area contributed by atoms with Gasteiger partial charge in [-0.25, -0.2) is 20.4 Å². The lowest BCUT2D eigenvalue weighted by molar-refractivity contribution is 0.479. The van der Waals surface area contributed by atoms with Gasteiger partial charge in [0.1, 0.15) is 26.4 Å². The fourth-order valence-corrected chi connectivity index (χ4v) is 15.1. The average Bonchev–Trinajstić information content (AvgIpc) is 4.04. The first-order valence-corrected chi connectivity index (χ1v) is 30.7. The number of aromatic nitrogens is 3. The molecular formula is C48H51N9O12S6. The van der Waals surface area contributed by atoms with Crippen molar-refractivity contribution in [3.8, 4) is 6.07 Å². The third kappa shape index (κ3) is 10.7. The summed E-state index contributed by atoms with van der Waals surface area (Å²) in [4.78, 5) is 13.5. The predicted molar refractivity (Wildman–Crippen MR) is 284 cm³/mol. The molecule has 0 radical (unpaired) electrons. The van der Waals surface area contributed by atoms with Gasteiger partial charge in [-0.05, 0) is 140 Å². The van der Waals surface area contributed by atoms with Crippen LogP contribution in [0, 0.1) is 38.0 Å². The zero-order valence-electron chi connectivity index (χ0n) is 41.5. The Kier molecular flexibility index (Phi) is 15.2. The minimum absolute atomic E-state index is 0.00179. The lowest BCUT2D eigenvalue weighted by Gasteiger charge is -2.26. The van der Waals surface area contributed by atoms with Crippen molar-refractivity contribution in [2.45, 2.75) is 119 Å². The Morgan fingerprint density at radius 1 is 0.707 bits per heavy atom. The Morgan fingerprint density at radius 2 is 1.25 bits per heavy atom. The number of nitrogens with zero attached hydrogens (tertiary/aromatic N) is 7. The second kappa shape index (κ2) is 20.6. The lowest BCUT2D eigenvalue weighted by Crippen LogP contribution is -2.38. The smallest absolute Gasteiger partial charge is 0.295 e. The molecule has 21 nitrogen and oxygen atoms in total. The third-order valence-corrected chi connectivity index (χ3v) is 19.0. The molecule has 1 fully saturated rings. The molecule has 4 unspecified atom stereocenters. The molecular weight excluding hydrogens is 1090 g/mol. The van der Waals surface area contributed by atoms with E-state index in [1.165, 1.54) is 41.4 Å². The number of azo groups is 1. The van der Waals surface area contributed by atoms with Crippen LogP contribution in [-0.2, 0) is 66.2 Å². The van der Waals surface area contributed by atoms with E-state index in [1.54, 1.807) is 59.7 Å². The number of pyridine rings is 1. The van der Waals surface area contributed by atoms with Crippen molar-refractivity contribution in [2.75, 3.05) is 10.3 Å². The molecule has 4 atom stereocenters. The first kappa shape index (κ1) is 55.3. The molecule has 0 aliphatic carbocycles. The first-order chi connectivity index (χ1) is 35.1. The molecule has 0 spiro atoms. The van der Waals surface area contributed by atoms with Crippen LogP contribution < -0.4 is 15.8 Å². The van der Waals surface area contributed by atoms with Gasteiger partial charge in [-0.15, -0.1) is 16.5 Å². The largest absolute Gasteiger partial charge is 0.338 e. The minimum Gasteiger partial charge on any atom is -0.338 e. The highest BCUT2D eigenvalue weighted by Gasteiger charge is 2.42. The standard InChI is InChI=1S/C48H51N9O12S6/c1-9-27-17-24(6)43(74(64,65)66)31(11-3)39(27)40(47-51-34-15-13-29(72(58,59)60)20-37(34)70-47)36-19-23(5)41(45(50-36)53-42-28(10-2)18-25(7)44(32(42)12-4)75(67,68)69)54-55-46-33(22-49)26(8)56-57(46)48-52-35-16-14-30(73(61,62)63)21-38(35)71-48/h13-21,26,33,40,46,56H,9-12H2,1-8H3,(H,50,53)(H,58,59,60)(H,61,62,63)(H,64,65,66)(H,67,68,69). The number of rotatable bonds is 16. The van der Waals surface area contributed by atoms with E-state index >= 15 is 0 Å². The summed E-state index contributed by atoms with van der Waals surface area (Å²) in [5, 5.41) is 25.6. The van der Waals surface area contributed by atoms with Crippen molar-refractivity contribution in [3.05, 3.63) is 110 Å². The Hall–Kier alpha value is -5.90. The van der Waals surface area contributed by atoms with Crippen LogP contribution in [0.15, 0.2) is 84.4 Å². The SMILES string of the molecule is CCc1cc(C)c(S(=O)(=O)O)c(CC)c1Nc1nc(C(c2nc3ccc(S(=O)(=O)O)cc3s2)c2c(CC)cc(C)c(S(=O)(=O)O)c2CC)cc(C)c1N=NC1C(C#N)C(C)NN1c1nc2ccc(S(=O)(=O)O)cc2s1. The number of anilines is 3. The van der Waals surface area contributed by atoms with E-state index in [-0.39, 0.29) is 71.6 Å². The maximum atomic E-state index is 13.3. The zero-order chi connectivity index (χ0) is 54.9. The number of nitrogens with one attached hydrogen (secondary N) is 2. The van der Waals surface area contributed by atoms with Crippen LogP contribution in [0.2, 0.25) is 0 Å². The molecule has 1 aliphatic rings. The molecule has 0 saturated carbocycles. The first-order valence-electron chi connectivity index (χ1n) is 23.3. The molecule has 6 N–H and O–H groups in total. The van der Waals surface area contributed by atoms with Crippen LogP contribution in [0.5, 0.6) is 0 Å². The van der Waals surface area contributed by atoms with Crippen LogP contribution in [0.4, 0.5) is 22.3 Å². The van der Waals surface area contributed by atoms with Crippen LogP contribution >= 0.6 is 22.7 Å². The fraction of sp³-hybridized carbons (Fsp3) is 0.333. The quantitative estimate of drug-likeness (QED) is 0.0387. The third-order valence-electron chi connectivity index (χ3n) is 13.0. The monoisotopic (exact) mass is 1140 g/mol. The van der Waals surface area contributed by atoms with Crippen LogP contribution in [-0.4, -0.2) is 79.0 Å². The maximum absolute atomic E-state index is 13.3. The van der Waals surface area contributed by atoms with Gasteiger partial charge in [0.2, 0.25) is 5.13 Å². The van der Waals surface area contributed by atoms with E-state index in [1.807, 2.05) is 13.8 Å². The summed E-state index contributed by atoms with van der Waals surface area (Å²) in [5.41, 5.74) is 7.81. The van der Waals surface area contributed by atoms with Gasteiger partial charge < -0.3 is 5.32 Å². The summed E-state index contributed by atoms with van der Waals surface area (Å²) in [6.07, 6.45) is -0.123. The molecule has 3 aromatic heterocycles. The van der Waals surface area contributed by atoms with Crippen molar-refractivity contribution in [2.24, 2.45) is 16.1 Å². The van der Waals surface area contributed by atoms with E-state index in [0.29, 0.717) is 71.7 Å². The molecule has 0 amide bonds. The summed E-state index contributed by atoms with van der Waals surface area (Å²) in [5.74, 6) is -1.92. The van der Waals surface area contributed by atoms with Crippen molar-refractivity contribution in [1.82, 2.24) is 20.4 Å². The zero-order valence-corrected chi connectivity index (χ0v) is 46.4. The molecule has 7 aromatic rings. The molecule has 0 bridgehead atoms. The van der Waals surface area contributed by atoms with Gasteiger partial charge in [0.25, 0.3) is 40.5 Å². The van der Waals surface area contributed by atoms with E-state index in [0.717, 1.165) is 22.7 Å². The number of aryl methyl sites for hydroxylation is 5. The van der Waals surface area contributed by atoms with Gasteiger partial charge in [0, 0.05) is 11.7 Å². The molecule has 8 rings (SSSR count). The normalized spacial score (nSPS) is 17.1. The van der Waals surface area contributed by atoms with Crippen molar-refractivity contribution >= 4 is 106 Å². The van der Waals surface area contributed by atoms with Gasteiger partial charge >= 0.3 is 0 Å². The number of nitriles is 1. The Morgan fingerprint density at radius 3 is 1.79 bits per heavy atom. The highest BCUT2D eigenvalue weighted by molar-refractivity contribution is 7.86. The van der Waals surface area contributed by atoms with Crippen molar-refractivity contribution < 1.29 is 51.9 Å². The van der Waals surface area contributed by atoms with E-state index in [2.05, 4.69) is 21.8 Å². The number of hydrogen-bond donors (Lipinski definition) is 6. The van der Waals surface area contributed by atoms with Gasteiger partial charge in [0.05, 0.1) is 47.9 Å². The van der Waals surface area contributed by atoms with E-state index in [9.17, 15) is 57.1 Å². The van der Waals surface area contributed by atoms with Crippen LogP contribution in [0.25, 0.3) is 20.4 Å². The van der Waals surface area contributed by atoms with Crippen LogP contribution in [0.3, 0.4) is 0 Å². The topological polar surface area (TPSA) is 332 Å². The fourth-order valence-electron chi connectivity index (χ4n) is 9.71. The molecule has 75 heavy (non-hydrogen) atoms. The number of hydrazine groups is 1. The van der Waals surface area contributed by atoms with E-state index < -0.39 is 64.5 Å². The highest BCUT2D eigenvalue weighted by atomic mass is 32.2. The van der Waals surface area contributed by atoms with Crippen LogP contribution in [0.1, 0.15) is 95.7 Å². The number of fused-ring (bicyclic) bond motifs is 2. The predicted octanol–water partition coefficient (Wildman–Crippen LogP) is 9.35. The van der Waals surface area contributed by atoms with Crippen molar-refractivity contribution in [3.63, 3.8) is 0 Å². The minimum atomic E-state index is -4.84. The van der Waals surface area contributed by atoms with Gasteiger partial charge in [0.15, 0.2) is 12.0 Å². The molecule has 396 valence electrons. The molecule has 4 heterocycles. The van der Waals surface area contributed by atoms with E-state index in [4.69, 9.17) is 20.2 Å². The second-order valence-electron chi connectivity index (χ2n) is 17.9. The van der Waals surface area contributed by atoms with Crippen molar-refractivity contribution in [1.29, 1.82) is 5.26 Å². The summed E-state index contributed by atoms with van der Waals surface area (Å²) in [6, 6.07) is 14.6. The lowest BCUT2D eigenvalue weighted by atomic mass is 9.84. The van der Waals surface area contributed by atoms with Gasteiger partial charge in [-0.3, -0.25) is 23.2 Å². The Balaban J connectivity index is 1.42. The number of thiazole rings is 2. The molecule has 1 saturated heterocycles. The number of benzene rings is 4. The summed E-state index contributed by atoms with van der Waals surface area (Å²) in [7, 11) is -18.8. The number of hydrogen-bond acceptors (Lipinski definition) is 19. The average molecular weight is 1140 g/mol. The summed E-state index contributed by atoms with van der Waals surface area (Å²) in [6.45, 7) is 13.8. The highest BCUT2D eigenvalue weighted by Crippen LogP contribution is 2.46. The maximum Gasteiger partial charge on any atom is 0.295 e. The summed E-state index contributed by atoms with van der Waals surface area (Å²) < 4.78 is 143. The Labute approximate surface area is 441 Å². The second-order valence-corrected chi connectivity index (χ2v) is 25.6. The molecule has 4 aromatic carbocycles. The van der Waals surface area contributed by atoms with Gasteiger partial charge in [-0.1, -0.05) is 51.2 Å². The summed E-state index contributed by atoms with van der Waals surface area (Å²) >= 11 is 2.14. The molecule has 1 aliphatic heterocycles. The van der Waals surface area contributed by atoms with Gasteiger partial charge in [-0.2, -0.15) is 44.0 Å². The Bertz CT molecular complexity index is 4020. The molecule has 27 heteroatoms.